The molecule has 0 spiro atoms. The predicted octanol–water partition coefficient (Wildman–Crippen LogP) is 1.44. The van der Waals surface area contributed by atoms with Gasteiger partial charge in [0.05, 0.1) is 6.54 Å². The molecule has 84 valence electrons. The van der Waals surface area contributed by atoms with E-state index in [1.807, 2.05) is 31.2 Å². The Hall–Kier alpha value is -1.84. The van der Waals surface area contributed by atoms with Gasteiger partial charge in [0.1, 0.15) is 6.29 Å². The lowest BCUT2D eigenvalue weighted by Crippen LogP contribution is -2.33. The van der Waals surface area contributed by atoms with Crippen molar-refractivity contribution in [3.05, 3.63) is 29.8 Å². The fraction of sp³-hybridized carbons (Fsp3) is 0.333. The van der Waals surface area contributed by atoms with Crippen LogP contribution in [0.15, 0.2) is 24.3 Å². The van der Waals surface area contributed by atoms with Crippen molar-refractivity contribution in [2.45, 2.75) is 6.92 Å². The molecule has 1 aromatic rings. The lowest BCUT2D eigenvalue weighted by Gasteiger charge is -2.18. The summed E-state index contributed by atoms with van der Waals surface area (Å²) in [6.45, 7) is 3.43. The number of hydrogen-bond donors (Lipinski definition) is 0. The Labute approximate surface area is 94.5 Å². The maximum atomic E-state index is 11.9. The first-order valence-electron chi connectivity index (χ1n) is 5.29. The maximum absolute atomic E-state index is 11.9. The largest absolute Gasteiger partial charge is 0.325 e. The first kappa shape index (κ1) is 10.7. The van der Waals surface area contributed by atoms with Crippen molar-refractivity contribution in [1.29, 1.82) is 0 Å². The minimum Gasteiger partial charge on any atom is -0.316 e. The fourth-order valence-corrected chi connectivity index (χ4v) is 1.93. The highest BCUT2D eigenvalue weighted by atomic mass is 16.2. The van der Waals surface area contributed by atoms with E-state index in [-0.39, 0.29) is 12.6 Å². The maximum Gasteiger partial charge on any atom is 0.325 e. The van der Waals surface area contributed by atoms with Crippen molar-refractivity contribution in [1.82, 2.24) is 4.90 Å². The van der Waals surface area contributed by atoms with E-state index in [4.69, 9.17) is 0 Å². The fourth-order valence-electron chi connectivity index (χ4n) is 1.93. The average molecular weight is 218 g/mol. The van der Waals surface area contributed by atoms with Crippen LogP contribution in [0.3, 0.4) is 0 Å². The molecule has 2 rings (SSSR count). The Kier molecular flexibility index (Phi) is 2.90. The van der Waals surface area contributed by atoms with Gasteiger partial charge in [-0.1, -0.05) is 18.2 Å². The molecule has 0 saturated carbocycles. The van der Waals surface area contributed by atoms with Crippen molar-refractivity contribution in [3.63, 3.8) is 0 Å². The second kappa shape index (κ2) is 4.35. The Morgan fingerprint density at radius 2 is 2.06 bits per heavy atom. The van der Waals surface area contributed by atoms with Crippen LogP contribution >= 0.6 is 0 Å². The molecule has 1 aliphatic rings. The number of rotatable bonds is 3. The van der Waals surface area contributed by atoms with E-state index < -0.39 is 0 Å². The van der Waals surface area contributed by atoms with Gasteiger partial charge in [-0.05, 0) is 18.6 Å². The van der Waals surface area contributed by atoms with Gasteiger partial charge in [-0.15, -0.1) is 0 Å². The Morgan fingerprint density at radius 1 is 1.31 bits per heavy atom. The number of hydrogen-bond acceptors (Lipinski definition) is 2. The normalized spacial score (nSPS) is 15.7. The molecule has 1 aliphatic heterocycles. The SMILES string of the molecule is Cc1ccccc1N1CCN(CC=O)C1=O. The van der Waals surface area contributed by atoms with Crippen LogP contribution in [0.2, 0.25) is 0 Å². The first-order valence-corrected chi connectivity index (χ1v) is 5.29. The third-order valence-corrected chi connectivity index (χ3v) is 2.80. The van der Waals surface area contributed by atoms with Gasteiger partial charge in [-0.25, -0.2) is 4.79 Å². The number of benzene rings is 1. The van der Waals surface area contributed by atoms with Gasteiger partial charge in [0, 0.05) is 18.8 Å². The third kappa shape index (κ3) is 1.78. The molecular formula is C12H14N2O2. The molecule has 0 aromatic heterocycles. The molecule has 4 heteroatoms. The van der Waals surface area contributed by atoms with Gasteiger partial charge in [0.15, 0.2) is 0 Å². The highest BCUT2D eigenvalue weighted by Crippen LogP contribution is 2.23. The lowest BCUT2D eigenvalue weighted by atomic mass is 10.2. The number of nitrogens with zero attached hydrogens (tertiary/aromatic N) is 2. The second-order valence-electron chi connectivity index (χ2n) is 3.83. The summed E-state index contributed by atoms with van der Waals surface area (Å²) in [7, 11) is 0. The van der Waals surface area contributed by atoms with Crippen LogP contribution < -0.4 is 4.90 Å². The quantitative estimate of drug-likeness (QED) is 0.720. The molecule has 0 N–H and O–H groups in total. The van der Waals surface area contributed by atoms with Gasteiger partial charge >= 0.3 is 6.03 Å². The lowest BCUT2D eigenvalue weighted by molar-refractivity contribution is -0.108. The Morgan fingerprint density at radius 3 is 2.75 bits per heavy atom. The summed E-state index contributed by atoms with van der Waals surface area (Å²) in [5.74, 6) is 0. The first-order chi connectivity index (χ1) is 7.74. The highest BCUT2D eigenvalue weighted by molar-refractivity contribution is 5.95. The average Bonchev–Trinajstić information content (AvgIpc) is 2.62. The van der Waals surface area contributed by atoms with Crippen LogP contribution in [-0.2, 0) is 4.79 Å². The van der Waals surface area contributed by atoms with Gasteiger partial charge in [-0.3, -0.25) is 4.90 Å². The van der Waals surface area contributed by atoms with E-state index in [0.717, 1.165) is 17.5 Å². The molecular weight excluding hydrogens is 204 g/mol. The minimum atomic E-state index is -0.0820. The van der Waals surface area contributed by atoms with Crippen LogP contribution in [0, 0.1) is 6.92 Å². The summed E-state index contributed by atoms with van der Waals surface area (Å²) in [6.07, 6.45) is 0.763. The summed E-state index contributed by atoms with van der Waals surface area (Å²) in [4.78, 5) is 25.6. The number of aryl methyl sites for hydroxylation is 1. The molecule has 0 atom stereocenters. The zero-order valence-electron chi connectivity index (χ0n) is 9.22. The molecule has 4 nitrogen and oxygen atoms in total. The summed E-state index contributed by atoms with van der Waals surface area (Å²) in [5, 5.41) is 0. The van der Waals surface area contributed by atoms with Gasteiger partial charge in [0.25, 0.3) is 0 Å². The summed E-state index contributed by atoms with van der Waals surface area (Å²) in [5.41, 5.74) is 2.00. The summed E-state index contributed by atoms with van der Waals surface area (Å²) in [6, 6.07) is 7.69. The van der Waals surface area contributed by atoms with Crippen LogP contribution in [0.25, 0.3) is 0 Å². The van der Waals surface area contributed by atoms with Crippen LogP contribution in [0.4, 0.5) is 10.5 Å². The molecule has 1 fully saturated rings. The third-order valence-electron chi connectivity index (χ3n) is 2.80. The molecule has 0 unspecified atom stereocenters. The van der Waals surface area contributed by atoms with Crippen molar-refractivity contribution < 1.29 is 9.59 Å². The number of carbonyl (C=O) groups is 2. The van der Waals surface area contributed by atoms with Crippen LogP contribution in [0.5, 0.6) is 0 Å². The Balaban J connectivity index is 2.22. The summed E-state index contributed by atoms with van der Waals surface area (Å²) < 4.78 is 0. The number of carbonyl (C=O) groups excluding carboxylic acids is 2. The molecule has 2 amide bonds. The highest BCUT2D eigenvalue weighted by Gasteiger charge is 2.29. The molecule has 0 bridgehead atoms. The molecule has 1 heterocycles. The smallest absolute Gasteiger partial charge is 0.316 e. The van der Waals surface area contributed by atoms with Gasteiger partial charge in [-0.2, -0.15) is 0 Å². The van der Waals surface area contributed by atoms with Crippen molar-refractivity contribution in [3.8, 4) is 0 Å². The number of aldehydes is 1. The van der Waals surface area contributed by atoms with E-state index in [1.165, 1.54) is 0 Å². The molecule has 16 heavy (non-hydrogen) atoms. The van der Waals surface area contributed by atoms with Crippen molar-refractivity contribution in [2.24, 2.45) is 0 Å². The number of amides is 2. The Bertz CT molecular complexity index is 417. The van der Waals surface area contributed by atoms with Crippen molar-refractivity contribution in [2.75, 3.05) is 24.5 Å². The van der Waals surface area contributed by atoms with Gasteiger partial charge < -0.3 is 9.69 Å². The standard InChI is InChI=1S/C12H14N2O2/c1-10-4-2-3-5-11(10)14-7-6-13(8-9-15)12(14)16/h2-5,9H,6-8H2,1H3. The van der Waals surface area contributed by atoms with E-state index >= 15 is 0 Å². The zero-order valence-corrected chi connectivity index (χ0v) is 9.22. The molecule has 1 aromatic carbocycles. The van der Waals surface area contributed by atoms with E-state index in [0.29, 0.717) is 13.1 Å². The molecule has 0 radical (unpaired) electrons. The van der Waals surface area contributed by atoms with E-state index in [2.05, 4.69) is 0 Å². The van der Waals surface area contributed by atoms with E-state index in [1.54, 1.807) is 9.80 Å². The molecule has 0 aliphatic carbocycles. The second-order valence-corrected chi connectivity index (χ2v) is 3.83. The van der Waals surface area contributed by atoms with Crippen molar-refractivity contribution >= 4 is 18.0 Å². The van der Waals surface area contributed by atoms with Crippen LogP contribution in [-0.4, -0.2) is 36.9 Å². The summed E-state index contributed by atoms with van der Waals surface area (Å²) >= 11 is 0. The monoisotopic (exact) mass is 218 g/mol. The number of urea groups is 1. The van der Waals surface area contributed by atoms with Gasteiger partial charge in [0.2, 0.25) is 0 Å². The predicted molar refractivity (Wildman–Crippen MR) is 61.6 cm³/mol. The number of para-hydroxylation sites is 1. The van der Waals surface area contributed by atoms with Crippen LogP contribution in [0.1, 0.15) is 5.56 Å². The van der Waals surface area contributed by atoms with E-state index in [9.17, 15) is 9.59 Å². The number of anilines is 1. The topological polar surface area (TPSA) is 40.6 Å². The zero-order chi connectivity index (χ0) is 11.5. The minimum absolute atomic E-state index is 0.0820. The molecule has 1 saturated heterocycles.